The molecular formula is C26H28ClFN4OS. The number of rotatable bonds is 5. The zero-order valence-corrected chi connectivity index (χ0v) is 21.4. The van der Waals surface area contributed by atoms with Gasteiger partial charge in [-0.1, -0.05) is 61.8 Å². The van der Waals surface area contributed by atoms with Crippen LogP contribution in [0, 0.1) is 5.82 Å². The highest BCUT2D eigenvalue weighted by molar-refractivity contribution is 7.11. The van der Waals surface area contributed by atoms with Crippen LogP contribution in [-0.2, 0) is 4.79 Å². The predicted molar refractivity (Wildman–Crippen MR) is 138 cm³/mol. The van der Waals surface area contributed by atoms with Gasteiger partial charge in [0.2, 0.25) is 0 Å². The molecule has 2 heterocycles. The molecule has 1 N–H and O–H groups in total. The smallest absolute Gasteiger partial charge is 0.251 e. The summed E-state index contributed by atoms with van der Waals surface area (Å²) in [5.74, 6) is -0.00557. The average molecular weight is 499 g/mol. The van der Waals surface area contributed by atoms with Crippen LogP contribution in [0.2, 0.25) is 5.02 Å². The molecule has 2 aromatic carbocycles. The van der Waals surface area contributed by atoms with Gasteiger partial charge in [0.05, 0.1) is 22.0 Å². The summed E-state index contributed by atoms with van der Waals surface area (Å²) in [6.07, 6.45) is 1.74. The summed E-state index contributed by atoms with van der Waals surface area (Å²) in [6, 6.07) is 13.0. The van der Waals surface area contributed by atoms with Gasteiger partial charge in [-0.25, -0.2) is 4.39 Å². The van der Waals surface area contributed by atoms with Crippen molar-refractivity contribution in [1.82, 2.24) is 15.2 Å². The van der Waals surface area contributed by atoms with Gasteiger partial charge in [0.15, 0.2) is 0 Å². The number of amides is 1. The van der Waals surface area contributed by atoms with Gasteiger partial charge in [-0.2, -0.15) is 0 Å². The maximum absolute atomic E-state index is 13.7. The van der Waals surface area contributed by atoms with Gasteiger partial charge in [0, 0.05) is 29.5 Å². The number of nitrogens with one attached hydrogen (secondary N) is 1. The Bertz CT molecular complexity index is 1190. The average Bonchev–Trinajstić information content (AvgIpc) is 3.37. The minimum Gasteiger partial charge on any atom is -0.346 e. The molecule has 0 saturated carbocycles. The Morgan fingerprint density at radius 3 is 2.53 bits per heavy atom. The Labute approximate surface area is 209 Å². The maximum Gasteiger partial charge on any atom is 0.251 e. The van der Waals surface area contributed by atoms with E-state index in [2.05, 4.69) is 10.3 Å². The molecule has 1 aliphatic rings. The van der Waals surface area contributed by atoms with Crippen molar-refractivity contribution in [1.29, 1.82) is 0 Å². The highest BCUT2D eigenvalue weighted by atomic mass is 35.5. The van der Waals surface area contributed by atoms with E-state index in [0.29, 0.717) is 17.0 Å². The number of amidine groups is 1. The van der Waals surface area contributed by atoms with Gasteiger partial charge in [-0.3, -0.25) is 14.8 Å². The fourth-order valence-corrected chi connectivity index (χ4v) is 4.62. The lowest BCUT2D eigenvalue weighted by atomic mass is 9.94. The molecule has 1 aliphatic heterocycles. The number of benzene rings is 2. The van der Waals surface area contributed by atoms with Crippen molar-refractivity contribution in [2.24, 2.45) is 4.99 Å². The quantitative estimate of drug-likeness (QED) is 0.434. The standard InChI is InChI=1S/C24H22ClFN4OS.C2H6/c1-14(16-7-5-4-6-8-16)28-24(31)21-15(2)30(3)23(20-12-27-13-32-20)29-22(21)18-10-9-17(26)11-19(18)25;1-2/h4-14,22H,1-3H3,(H,28,31);1-2H3/t14-,22-;/m0./s1. The third-order valence-corrected chi connectivity index (χ3v) is 6.63. The molecule has 0 radical (unpaired) electrons. The number of aliphatic imine (C=N–C) groups is 1. The first-order valence-electron chi connectivity index (χ1n) is 11.1. The number of carbonyl (C=O) groups is 1. The topological polar surface area (TPSA) is 57.6 Å². The van der Waals surface area contributed by atoms with Crippen LogP contribution in [0.15, 0.2) is 76.5 Å². The van der Waals surface area contributed by atoms with E-state index in [4.69, 9.17) is 16.6 Å². The number of hydrogen-bond acceptors (Lipinski definition) is 5. The summed E-state index contributed by atoms with van der Waals surface area (Å²) in [5.41, 5.74) is 4.51. The zero-order chi connectivity index (χ0) is 24.8. The van der Waals surface area contributed by atoms with E-state index >= 15 is 0 Å². The molecule has 0 saturated heterocycles. The van der Waals surface area contributed by atoms with Crippen molar-refractivity contribution in [2.75, 3.05) is 7.05 Å². The van der Waals surface area contributed by atoms with Crippen LogP contribution in [-0.4, -0.2) is 28.7 Å². The van der Waals surface area contributed by atoms with Crippen LogP contribution in [0.3, 0.4) is 0 Å². The molecular weight excluding hydrogens is 471 g/mol. The molecule has 5 nitrogen and oxygen atoms in total. The van der Waals surface area contributed by atoms with Crippen molar-refractivity contribution in [3.05, 3.63) is 98.4 Å². The van der Waals surface area contributed by atoms with Gasteiger partial charge >= 0.3 is 0 Å². The Morgan fingerprint density at radius 2 is 1.91 bits per heavy atom. The molecule has 0 fully saturated rings. The summed E-state index contributed by atoms with van der Waals surface area (Å²) >= 11 is 7.86. The second-order valence-electron chi connectivity index (χ2n) is 7.55. The Balaban J connectivity index is 0.00000158. The second kappa shape index (κ2) is 11.4. The highest BCUT2D eigenvalue weighted by Crippen LogP contribution is 2.38. The molecule has 0 bridgehead atoms. The van der Waals surface area contributed by atoms with E-state index in [1.54, 1.807) is 17.8 Å². The third kappa shape index (κ3) is 5.37. The number of allylic oxidation sites excluding steroid dienone is 1. The van der Waals surface area contributed by atoms with Gasteiger partial charge in [-0.15, -0.1) is 11.3 Å². The van der Waals surface area contributed by atoms with E-state index in [1.807, 2.05) is 70.0 Å². The van der Waals surface area contributed by atoms with Crippen LogP contribution in [0.5, 0.6) is 0 Å². The predicted octanol–water partition coefficient (Wildman–Crippen LogP) is 6.55. The molecule has 4 rings (SSSR count). The fraction of sp³-hybridized carbons (Fsp3) is 0.269. The normalized spacial score (nSPS) is 16.4. The first-order valence-corrected chi connectivity index (χ1v) is 12.3. The van der Waals surface area contributed by atoms with Crippen molar-refractivity contribution in [2.45, 2.75) is 39.8 Å². The second-order valence-corrected chi connectivity index (χ2v) is 8.84. The lowest BCUT2D eigenvalue weighted by Crippen LogP contribution is -2.38. The largest absolute Gasteiger partial charge is 0.346 e. The van der Waals surface area contributed by atoms with E-state index < -0.39 is 11.9 Å². The fourth-order valence-electron chi connectivity index (χ4n) is 3.70. The van der Waals surface area contributed by atoms with Gasteiger partial charge < -0.3 is 10.2 Å². The number of nitrogens with zero attached hydrogens (tertiary/aromatic N) is 3. The number of halogens is 2. The number of hydrogen-bond donors (Lipinski definition) is 1. The summed E-state index contributed by atoms with van der Waals surface area (Å²) in [7, 11) is 1.87. The summed E-state index contributed by atoms with van der Waals surface area (Å²) in [5, 5.41) is 3.30. The SMILES string of the molecule is CC.CC1=C(C(=O)N[C@@H](C)c2ccccc2)[C@H](c2ccc(F)cc2Cl)N=C(c2cncs2)N1C. The molecule has 1 amide bonds. The minimum atomic E-state index is -0.681. The van der Waals surface area contributed by atoms with Gasteiger partial charge in [-0.05, 0) is 31.5 Å². The molecule has 8 heteroatoms. The molecule has 0 spiro atoms. The summed E-state index contributed by atoms with van der Waals surface area (Å²) in [6.45, 7) is 7.81. The summed E-state index contributed by atoms with van der Waals surface area (Å²) < 4.78 is 13.7. The van der Waals surface area contributed by atoms with Crippen molar-refractivity contribution in [3.8, 4) is 0 Å². The monoisotopic (exact) mass is 498 g/mol. The molecule has 2 atom stereocenters. The molecule has 0 aliphatic carbocycles. The Morgan fingerprint density at radius 1 is 1.21 bits per heavy atom. The third-order valence-electron chi connectivity index (χ3n) is 5.54. The number of carbonyl (C=O) groups excluding carboxylic acids is 1. The maximum atomic E-state index is 13.7. The van der Waals surface area contributed by atoms with Crippen LogP contribution in [0.25, 0.3) is 0 Å². The van der Waals surface area contributed by atoms with E-state index in [-0.39, 0.29) is 17.0 Å². The highest BCUT2D eigenvalue weighted by Gasteiger charge is 2.34. The first-order chi connectivity index (χ1) is 16.4. The van der Waals surface area contributed by atoms with E-state index in [1.165, 1.54) is 23.5 Å². The number of thiazole rings is 1. The van der Waals surface area contributed by atoms with Crippen LogP contribution in [0.4, 0.5) is 4.39 Å². The summed E-state index contributed by atoms with van der Waals surface area (Å²) in [4.78, 5) is 25.3. The Kier molecular flexibility index (Phi) is 8.58. The van der Waals surface area contributed by atoms with Crippen LogP contribution < -0.4 is 5.32 Å². The lowest BCUT2D eigenvalue weighted by molar-refractivity contribution is -0.118. The van der Waals surface area contributed by atoms with Crippen molar-refractivity contribution >= 4 is 34.7 Å². The molecule has 1 aromatic heterocycles. The van der Waals surface area contributed by atoms with Crippen LogP contribution >= 0.6 is 22.9 Å². The van der Waals surface area contributed by atoms with E-state index in [0.717, 1.165) is 16.1 Å². The van der Waals surface area contributed by atoms with Crippen molar-refractivity contribution in [3.63, 3.8) is 0 Å². The van der Waals surface area contributed by atoms with Gasteiger partial charge in [0.1, 0.15) is 17.7 Å². The molecule has 178 valence electrons. The lowest BCUT2D eigenvalue weighted by Gasteiger charge is -2.33. The first kappa shape index (κ1) is 25.6. The van der Waals surface area contributed by atoms with Crippen molar-refractivity contribution < 1.29 is 9.18 Å². The van der Waals surface area contributed by atoms with Crippen LogP contribution in [0.1, 0.15) is 55.8 Å². The Hall–Kier alpha value is -3.03. The molecule has 34 heavy (non-hydrogen) atoms. The molecule has 0 unspecified atom stereocenters. The van der Waals surface area contributed by atoms with E-state index in [9.17, 15) is 9.18 Å². The van der Waals surface area contributed by atoms with Gasteiger partial charge in [0.25, 0.3) is 5.91 Å². The zero-order valence-electron chi connectivity index (χ0n) is 19.8. The molecule has 3 aromatic rings. The number of aromatic nitrogens is 1. The minimum absolute atomic E-state index is 0.203.